The second kappa shape index (κ2) is 9.13. The third-order valence-corrected chi connectivity index (χ3v) is 4.36. The van der Waals surface area contributed by atoms with Gasteiger partial charge in [0, 0.05) is 17.5 Å². The van der Waals surface area contributed by atoms with Crippen LogP contribution in [0.3, 0.4) is 0 Å². The van der Waals surface area contributed by atoms with Gasteiger partial charge < -0.3 is 15.4 Å². The lowest BCUT2D eigenvalue weighted by molar-refractivity contribution is -0.120. The first-order chi connectivity index (χ1) is 12.0. The molecule has 0 bridgehead atoms. The second-order valence-electron chi connectivity index (χ2n) is 5.51. The molecule has 0 aromatic heterocycles. The van der Waals surface area contributed by atoms with Crippen molar-refractivity contribution in [2.24, 2.45) is 0 Å². The second-order valence-corrected chi connectivity index (χ2v) is 6.39. The Balaban J connectivity index is 2.09. The van der Waals surface area contributed by atoms with E-state index in [1.807, 2.05) is 54.8 Å². The molecule has 0 aliphatic rings. The number of hydrogen-bond donors (Lipinski definition) is 2. The van der Waals surface area contributed by atoms with Crippen LogP contribution >= 0.6 is 11.8 Å². The number of benzene rings is 2. The highest BCUT2D eigenvalue weighted by Crippen LogP contribution is 2.22. The van der Waals surface area contributed by atoms with Gasteiger partial charge in [-0.1, -0.05) is 18.2 Å². The van der Waals surface area contributed by atoms with E-state index >= 15 is 0 Å². The van der Waals surface area contributed by atoms with Crippen molar-refractivity contribution in [2.45, 2.75) is 24.3 Å². The van der Waals surface area contributed by atoms with Crippen LogP contribution in [0.2, 0.25) is 0 Å². The number of carbonyl (C=O) groups is 2. The van der Waals surface area contributed by atoms with Crippen LogP contribution in [0.5, 0.6) is 5.75 Å². The third-order valence-electron chi connectivity index (χ3n) is 3.64. The smallest absolute Gasteiger partial charge is 0.226 e. The number of carbonyl (C=O) groups excluding carboxylic acids is 2. The molecule has 0 radical (unpaired) electrons. The summed E-state index contributed by atoms with van der Waals surface area (Å²) in [4.78, 5) is 25.0. The molecule has 2 aromatic rings. The average molecular weight is 358 g/mol. The van der Waals surface area contributed by atoms with Crippen LogP contribution in [0.1, 0.15) is 24.9 Å². The summed E-state index contributed by atoms with van der Waals surface area (Å²) in [6.07, 6.45) is 2.13. The van der Waals surface area contributed by atoms with E-state index < -0.39 is 6.04 Å². The van der Waals surface area contributed by atoms with Crippen molar-refractivity contribution in [3.8, 4) is 5.75 Å². The Bertz CT molecular complexity index is 732. The predicted octanol–water partition coefficient (Wildman–Crippen LogP) is 3.62. The lowest BCUT2D eigenvalue weighted by atomic mass is 10.0. The fourth-order valence-electron chi connectivity index (χ4n) is 2.43. The maximum Gasteiger partial charge on any atom is 0.226 e. The number of anilines is 1. The van der Waals surface area contributed by atoms with Crippen molar-refractivity contribution >= 4 is 29.3 Å². The van der Waals surface area contributed by atoms with Gasteiger partial charge in [-0.2, -0.15) is 0 Å². The number of rotatable bonds is 7. The fourth-order valence-corrected chi connectivity index (χ4v) is 2.89. The summed E-state index contributed by atoms with van der Waals surface area (Å²) in [5, 5.41) is 5.71. The summed E-state index contributed by atoms with van der Waals surface area (Å²) in [6, 6.07) is 14.6. The van der Waals surface area contributed by atoms with Gasteiger partial charge in [-0.25, -0.2) is 0 Å². The average Bonchev–Trinajstić information content (AvgIpc) is 2.61. The highest BCUT2D eigenvalue weighted by Gasteiger charge is 2.17. The summed E-state index contributed by atoms with van der Waals surface area (Å²) >= 11 is 1.61. The van der Waals surface area contributed by atoms with Gasteiger partial charge >= 0.3 is 0 Å². The minimum atomic E-state index is -0.396. The molecule has 2 aromatic carbocycles. The van der Waals surface area contributed by atoms with Crippen LogP contribution in [0.15, 0.2) is 53.4 Å². The summed E-state index contributed by atoms with van der Waals surface area (Å²) < 4.78 is 5.14. The molecule has 1 unspecified atom stereocenters. The predicted molar refractivity (Wildman–Crippen MR) is 101 cm³/mol. The molecular weight excluding hydrogens is 336 g/mol. The van der Waals surface area contributed by atoms with Gasteiger partial charge in [-0.15, -0.1) is 11.8 Å². The van der Waals surface area contributed by atoms with Gasteiger partial charge in [0.1, 0.15) is 5.75 Å². The largest absolute Gasteiger partial charge is 0.497 e. The Kier molecular flexibility index (Phi) is 6.89. The minimum Gasteiger partial charge on any atom is -0.497 e. The molecule has 6 heteroatoms. The van der Waals surface area contributed by atoms with E-state index in [9.17, 15) is 9.59 Å². The summed E-state index contributed by atoms with van der Waals surface area (Å²) in [5.41, 5.74) is 1.59. The van der Waals surface area contributed by atoms with E-state index in [-0.39, 0.29) is 18.2 Å². The molecule has 0 heterocycles. The van der Waals surface area contributed by atoms with E-state index in [4.69, 9.17) is 4.74 Å². The topological polar surface area (TPSA) is 67.4 Å². The molecule has 2 rings (SSSR count). The molecule has 2 amide bonds. The molecule has 0 spiro atoms. The molecule has 0 aliphatic heterocycles. The van der Waals surface area contributed by atoms with Crippen molar-refractivity contribution in [3.63, 3.8) is 0 Å². The van der Waals surface area contributed by atoms with Crippen LogP contribution in [-0.4, -0.2) is 25.2 Å². The lowest BCUT2D eigenvalue weighted by Crippen LogP contribution is -2.29. The zero-order valence-electron chi connectivity index (χ0n) is 14.5. The van der Waals surface area contributed by atoms with Crippen molar-refractivity contribution in [2.75, 3.05) is 18.7 Å². The number of methoxy groups -OCH3 is 1. The van der Waals surface area contributed by atoms with Crippen molar-refractivity contribution in [1.29, 1.82) is 0 Å². The molecule has 132 valence electrons. The molecule has 2 N–H and O–H groups in total. The van der Waals surface area contributed by atoms with Crippen LogP contribution < -0.4 is 15.4 Å². The SMILES string of the molecule is COc1ccc(C(CC(=O)Nc2cccc(SC)c2)NC(C)=O)cc1. The highest BCUT2D eigenvalue weighted by molar-refractivity contribution is 7.98. The maximum atomic E-state index is 12.4. The number of ether oxygens (including phenoxy) is 1. The van der Waals surface area contributed by atoms with Crippen LogP contribution in [0.4, 0.5) is 5.69 Å². The Morgan fingerprint density at radius 2 is 1.88 bits per heavy atom. The summed E-state index contributed by atoms with van der Waals surface area (Å²) in [6.45, 7) is 1.44. The number of hydrogen-bond acceptors (Lipinski definition) is 4. The van der Waals surface area contributed by atoms with Gasteiger partial charge in [0.05, 0.1) is 19.6 Å². The molecular formula is C19H22N2O3S. The Morgan fingerprint density at radius 3 is 2.48 bits per heavy atom. The highest BCUT2D eigenvalue weighted by atomic mass is 32.2. The molecule has 0 aliphatic carbocycles. The first-order valence-electron chi connectivity index (χ1n) is 7.86. The van der Waals surface area contributed by atoms with Crippen molar-refractivity contribution < 1.29 is 14.3 Å². The Labute approximate surface area is 152 Å². The van der Waals surface area contributed by atoms with Crippen LogP contribution in [0, 0.1) is 0 Å². The van der Waals surface area contributed by atoms with Gasteiger partial charge in [0.2, 0.25) is 11.8 Å². The molecule has 1 atom stereocenters. The Morgan fingerprint density at radius 1 is 1.16 bits per heavy atom. The van der Waals surface area contributed by atoms with Gasteiger partial charge in [-0.05, 0) is 42.2 Å². The van der Waals surface area contributed by atoms with Crippen LogP contribution in [0.25, 0.3) is 0 Å². The standard InChI is InChI=1S/C19H22N2O3S/c1-13(22)20-18(14-7-9-16(24-2)10-8-14)12-19(23)21-15-5-4-6-17(11-15)25-3/h4-11,18H,12H2,1-3H3,(H,20,22)(H,21,23). The van der Waals surface area contributed by atoms with Gasteiger partial charge in [0.15, 0.2) is 0 Å². The number of nitrogens with one attached hydrogen (secondary N) is 2. The monoisotopic (exact) mass is 358 g/mol. The summed E-state index contributed by atoms with van der Waals surface area (Å²) in [7, 11) is 1.59. The zero-order chi connectivity index (χ0) is 18.2. The Hall–Kier alpha value is -2.47. The molecule has 25 heavy (non-hydrogen) atoms. The first-order valence-corrected chi connectivity index (χ1v) is 9.09. The van der Waals surface area contributed by atoms with Crippen molar-refractivity contribution in [3.05, 3.63) is 54.1 Å². The van der Waals surface area contributed by atoms with Crippen LogP contribution in [-0.2, 0) is 9.59 Å². The first kappa shape index (κ1) is 18.9. The molecule has 0 saturated heterocycles. The third kappa shape index (κ3) is 5.83. The quantitative estimate of drug-likeness (QED) is 0.742. The van der Waals surface area contributed by atoms with E-state index in [0.717, 1.165) is 21.9 Å². The molecule has 0 fully saturated rings. The van der Waals surface area contributed by atoms with E-state index in [1.165, 1.54) is 6.92 Å². The number of thioether (sulfide) groups is 1. The fraction of sp³-hybridized carbons (Fsp3) is 0.263. The van der Waals surface area contributed by atoms with E-state index in [2.05, 4.69) is 10.6 Å². The lowest BCUT2D eigenvalue weighted by Gasteiger charge is -2.18. The normalized spacial score (nSPS) is 11.5. The molecule has 0 saturated carbocycles. The zero-order valence-corrected chi connectivity index (χ0v) is 15.4. The molecule has 5 nitrogen and oxygen atoms in total. The summed E-state index contributed by atoms with van der Waals surface area (Å²) in [5.74, 6) is 0.384. The maximum absolute atomic E-state index is 12.4. The van der Waals surface area contributed by atoms with Gasteiger partial charge in [-0.3, -0.25) is 9.59 Å². The number of amides is 2. The van der Waals surface area contributed by atoms with Crippen molar-refractivity contribution in [1.82, 2.24) is 5.32 Å². The minimum absolute atomic E-state index is 0.148. The van der Waals surface area contributed by atoms with Gasteiger partial charge in [0.25, 0.3) is 0 Å². The van der Waals surface area contributed by atoms with E-state index in [1.54, 1.807) is 18.9 Å². The van der Waals surface area contributed by atoms with E-state index in [0.29, 0.717) is 0 Å².